The number of nitrogens with two attached hydrogens (primary N) is 1. The van der Waals surface area contributed by atoms with Gasteiger partial charge in [-0.2, -0.15) is 0 Å². The summed E-state index contributed by atoms with van der Waals surface area (Å²) in [6.45, 7) is 7.90. The van der Waals surface area contributed by atoms with E-state index in [0.29, 0.717) is 0 Å². The van der Waals surface area contributed by atoms with Crippen LogP contribution >= 0.6 is 0 Å². The van der Waals surface area contributed by atoms with Crippen molar-refractivity contribution >= 4 is 0 Å². The predicted octanol–water partition coefficient (Wildman–Crippen LogP) is 4.62. The molecule has 2 rings (SSSR count). The summed E-state index contributed by atoms with van der Waals surface area (Å²) in [5, 5.41) is 0. The van der Waals surface area contributed by atoms with Crippen LogP contribution in [0.15, 0.2) is 36.4 Å². The molecule has 0 radical (unpaired) electrons. The second-order valence-electron chi connectivity index (χ2n) is 6.47. The lowest BCUT2D eigenvalue weighted by Crippen LogP contribution is -2.16. The molecule has 0 bridgehead atoms. The highest BCUT2D eigenvalue weighted by Crippen LogP contribution is 2.27. The van der Waals surface area contributed by atoms with Gasteiger partial charge in [-0.05, 0) is 41.2 Å². The molecule has 3 heteroatoms. The maximum absolute atomic E-state index is 14.0. The molecule has 0 aliphatic carbocycles. The van der Waals surface area contributed by atoms with Crippen molar-refractivity contribution in [2.75, 3.05) is 0 Å². The van der Waals surface area contributed by atoms with Crippen molar-refractivity contribution in [1.82, 2.24) is 0 Å². The molecule has 0 heterocycles. The molecule has 0 amide bonds. The Kier molecular flexibility index (Phi) is 4.15. The largest absolute Gasteiger partial charge is 0.320 e. The van der Waals surface area contributed by atoms with Gasteiger partial charge in [-0.25, -0.2) is 8.78 Å². The van der Waals surface area contributed by atoms with Gasteiger partial charge in [0.15, 0.2) is 0 Å². The van der Waals surface area contributed by atoms with Gasteiger partial charge in [0.25, 0.3) is 0 Å². The molecule has 0 aliphatic rings. The van der Waals surface area contributed by atoms with Crippen molar-refractivity contribution in [3.8, 4) is 0 Å². The molecule has 0 aromatic heterocycles. The number of halogens is 2. The lowest BCUT2D eigenvalue weighted by molar-refractivity contribution is 0.570. The maximum Gasteiger partial charge on any atom is 0.128 e. The lowest BCUT2D eigenvalue weighted by Gasteiger charge is -2.20. The van der Waals surface area contributed by atoms with Crippen LogP contribution in [0.1, 0.15) is 49.1 Å². The lowest BCUT2D eigenvalue weighted by atomic mass is 9.86. The van der Waals surface area contributed by atoms with Crippen LogP contribution < -0.4 is 5.73 Å². The van der Waals surface area contributed by atoms with E-state index in [4.69, 9.17) is 5.73 Å². The number of hydrogen-bond donors (Lipinski definition) is 1. The van der Waals surface area contributed by atoms with E-state index in [1.54, 1.807) is 0 Å². The van der Waals surface area contributed by atoms with Gasteiger partial charge in [0.1, 0.15) is 11.6 Å². The standard InChI is InChI=1S/C18H21F2N/c1-11-9-16(20)14(10-15(11)19)17(21)12-5-7-13(8-6-12)18(2,3)4/h5-10,17H,21H2,1-4H3. The Morgan fingerprint density at radius 3 is 2.05 bits per heavy atom. The molecule has 0 spiro atoms. The fourth-order valence-electron chi connectivity index (χ4n) is 2.27. The van der Waals surface area contributed by atoms with Crippen molar-refractivity contribution in [1.29, 1.82) is 0 Å². The van der Waals surface area contributed by atoms with Gasteiger partial charge in [-0.3, -0.25) is 0 Å². The predicted molar refractivity (Wildman–Crippen MR) is 82.3 cm³/mol. The number of aryl methyl sites for hydroxylation is 1. The van der Waals surface area contributed by atoms with Gasteiger partial charge in [0.2, 0.25) is 0 Å². The van der Waals surface area contributed by atoms with E-state index in [-0.39, 0.29) is 16.5 Å². The molecule has 0 aliphatic heterocycles. The first kappa shape index (κ1) is 15.6. The molecule has 0 fully saturated rings. The summed E-state index contributed by atoms with van der Waals surface area (Å²) in [6, 6.07) is 9.43. The fourth-order valence-corrected chi connectivity index (χ4v) is 2.27. The van der Waals surface area contributed by atoms with E-state index >= 15 is 0 Å². The minimum Gasteiger partial charge on any atom is -0.320 e. The monoisotopic (exact) mass is 289 g/mol. The third-order valence-corrected chi connectivity index (χ3v) is 3.75. The summed E-state index contributed by atoms with van der Waals surface area (Å²) in [5.41, 5.74) is 8.54. The van der Waals surface area contributed by atoms with Crippen LogP contribution in [0, 0.1) is 18.6 Å². The van der Waals surface area contributed by atoms with E-state index in [1.807, 2.05) is 24.3 Å². The Morgan fingerprint density at radius 2 is 1.52 bits per heavy atom. The molecule has 1 nitrogen and oxygen atoms in total. The van der Waals surface area contributed by atoms with Crippen molar-refractivity contribution in [2.45, 2.75) is 39.2 Å². The number of benzene rings is 2. The molecular formula is C18H21F2N. The van der Waals surface area contributed by atoms with Crippen LogP contribution in [0.4, 0.5) is 8.78 Å². The zero-order chi connectivity index (χ0) is 15.8. The zero-order valence-corrected chi connectivity index (χ0v) is 12.9. The van der Waals surface area contributed by atoms with E-state index < -0.39 is 17.7 Å². The third-order valence-electron chi connectivity index (χ3n) is 3.75. The van der Waals surface area contributed by atoms with Crippen LogP contribution in [0.25, 0.3) is 0 Å². The van der Waals surface area contributed by atoms with Crippen LogP contribution in [0.3, 0.4) is 0 Å². The van der Waals surface area contributed by atoms with Gasteiger partial charge >= 0.3 is 0 Å². The highest BCUT2D eigenvalue weighted by Gasteiger charge is 2.18. The quantitative estimate of drug-likeness (QED) is 0.857. The van der Waals surface area contributed by atoms with Gasteiger partial charge < -0.3 is 5.73 Å². The Bertz CT molecular complexity index is 640. The average Bonchev–Trinajstić information content (AvgIpc) is 2.41. The normalized spacial score (nSPS) is 13.3. The topological polar surface area (TPSA) is 26.0 Å². The molecule has 0 saturated heterocycles. The van der Waals surface area contributed by atoms with Crippen molar-refractivity contribution in [3.63, 3.8) is 0 Å². The summed E-state index contributed by atoms with van der Waals surface area (Å²) in [4.78, 5) is 0. The molecule has 1 atom stereocenters. The number of hydrogen-bond acceptors (Lipinski definition) is 1. The zero-order valence-electron chi connectivity index (χ0n) is 12.9. The smallest absolute Gasteiger partial charge is 0.128 e. The Labute approximate surface area is 124 Å². The van der Waals surface area contributed by atoms with E-state index in [0.717, 1.165) is 5.56 Å². The van der Waals surface area contributed by atoms with Crippen LogP contribution in [0.5, 0.6) is 0 Å². The SMILES string of the molecule is Cc1cc(F)c(C(N)c2ccc(C(C)(C)C)cc2)cc1F. The molecule has 1 unspecified atom stereocenters. The van der Waals surface area contributed by atoms with E-state index in [2.05, 4.69) is 20.8 Å². The molecular weight excluding hydrogens is 268 g/mol. The Morgan fingerprint density at radius 1 is 0.952 bits per heavy atom. The summed E-state index contributed by atoms with van der Waals surface area (Å²) in [5.74, 6) is -0.908. The average molecular weight is 289 g/mol. The van der Waals surface area contributed by atoms with Gasteiger partial charge in [0.05, 0.1) is 6.04 Å². The summed E-state index contributed by atoms with van der Waals surface area (Å²) in [6.07, 6.45) is 0. The highest BCUT2D eigenvalue weighted by molar-refractivity contribution is 5.37. The van der Waals surface area contributed by atoms with Gasteiger partial charge in [-0.15, -0.1) is 0 Å². The van der Waals surface area contributed by atoms with Crippen LogP contribution in [-0.2, 0) is 5.41 Å². The first-order chi connectivity index (χ1) is 9.70. The van der Waals surface area contributed by atoms with Crippen molar-refractivity contribution in [2.24, 2.45) is 5.73 Å². The molecule has 0 saturated carbocycles. The first-order valence-electron chi connectivity index (χ1n) is 7.01. The summed E-state index contributed by atoms with van der Waals surface area (Å²) in [7, 11) is 0. The van der Waals surface area contributed by atoms with E-state index in [9.17, 15) is 8.78 Å². The van der Waals surface area contributed by atoms with Crippen molar-refractivity contribution in [3.05, 3.63) is 70.3 Å². The molecule has 2 N–H and O–H groups in total. The van der Waals surface area contributed by atoms with Crippen LogP contribution in [-0.4, -0.2) is 0 Å². The third kappa shape index (κ3) is 3.30. The first-order valence-corrected chi connectivity index (χ1v) is 7.01. The molecule has 112 valence electrons. The van der Waals surface area contributed by atoms with E-state index in [1.165, 1.54) is 24.6 Å². The second-order valence-corrected chi connectivity index (χ2v) is 6.47. The summed E-state index contributed by atoms with van der Waals surface area (Å²) >= 11 is 0. The fraction of sp³-hybridized carbons (Fsp3) is 0.333. The highest BCUT2D eigenvalue weighted by atomic mass is 19.1. The van der Waals surface area contributed by atoms with Gasteiger partial charge in [-0.1, -0.05) is 45.0 Å². The molecule has 2 aromatic carbocycles. The minimum absolute atomic E-state index is 0.0455. The second kappa shape index (κ2) is 5.57. The maximum atomic E-state index is 14.0. The van der Waals surface area contributed by atoms with Crippen LogP contribution in [0.2, 0.25) is 0 Å². The molecule has 2 aromatic rings. The minimum atomic E-state index is -0.672. The Hall–Kier alpha value is -1.74. The van der Waals surface area contributed by atoms with Crippen molar-refractivity contribution < 1.29 is 8.78 Å². The Balaban J connectivity index is 2.36. The number of rotatable bonds is 2. The molecule has 21 heavy (non-hydrogen) atoms. The summed E-state index contributed by atoms with van der Waals surface area (Å²) < 4.78 is 27.6. The van der Waals surface area contributed by atoms with Gasteiger partial charge in [0, 0.05) is 5.56 Å².